The van der Waals surface area contributed by atoms with Gasteiger partial charge in [-0.1, -0.05) is 55.5 Å². The molecule has 0 aliphatic heterocycles. The van der Waals surface area contributed by atoms with Crippen LogP contribution in [0.5, 0.6) is 5.75 Å². The molecular weight excluding hydrogens is 425 g/mol. The monoisotopic (exact) mass is 440 g/mol. The first kappa shape index (κ1) is 22.4. The average molecular weight is 440 g/mol. The molecule has 0 heterocycles. The first-order valence-corrected chi connectivity index (χ1v) is 9.09. The molecule has 0 aliphatic carbocycles. The third-order valence-corrected chi connectivity index (χ3v) is 4.45. The van der Waals surface area contributed by atoms with Gasteiger partial charge in [-0.15, -0.1) is 13.2 Å². The lowest BCUT2D eigenvalue weighted by Gasteiger charge is -2.12. The second-order valence-electron chi connectivity index (χ2n) is 6.54. The Morgan fingerprint density at radius 1 is 0.742 bits per heavy atom. The normalized spacial score (nSPS) is 12.5. The van der Waals surface area contributed by atoms with Crippen molar-refractivity contribution in [2.75, 3.05) is 0 Å². The molecule has 0 fully saturated rings. The van der Waals surface area contributed by atoms with E-state index in [1.807, 2.05) is 0 Å². The Hall–Kier alpha value is -3.29. The number of benzene rings is 3. The number of hydrogen-bond acceptors (Lipinski definition) is 1. The average Bonchev–Trinajstić information content (AvgIpc) is 2.74. The van der Waals surface area contributed by atoms with Gasteiger partial charge in [0.15, 0.2) is 17.5 Å². The number of hydrogen-bond donors (Lipinski definition) is 0. The summed E-state index contributed by atoms with van der Waals surface area (Å²) in [5.74, 6) is -6.26. The van der Waals surface area contributed by atoms with E-state index in [0.717, 1.165) is 12.1 Å². The smallest absolute Gasteiger partial charge is 0.399 e. The summed E-state index contributed by atoms with van der Waals surface area (Å²) in [5.41, 5.74) is 1.86. The third-order valence-electron chi connectivity index (χ3n) is 4.45. The first-order valence-electron chi connectivity index (χ1n) is 9.09. The molecule has 0 N–H and O–H groups in total. The van der Waals surface area contributed by atoms with Crippen molar-refractivity contribution >= 4 is 5.83 Å². The van der Waals surface area contributed by atoms with Gasteiger partial charge in [0.05, 0.1) is 0 Å². The predicted octanol–water partition coefficient (Wildman–Crippen LogP) is 8.22. The van der Waals surface area contributed by atoms with E-state index >= 15 is 0 Å². The molecule has 0 amide bonds. The van der Waals surface area contributed by atoms with Gasteiger partial charge in [0.1, 0.15) is 5.83 Å². The maximum Gasteiger partial charge on any atom is 0.573 e. The van der Waals surface area contributed by atoms with Crippen LogP contribution < -0.4 is 4.74 Å². The summed E-state index contributed by atoms with van der Waals surface area (Å²) in [7, 11) is 0. The molecule has 8 heteroatoms. The first-order chi connectivity index (χ1) is 14.6. The highest BCUT2D eigenvalue weighted by molar-refractivity contribution is 5.72. The molecule has 0 spiro atoms. The van der Waals surface area contributed by atoms with E-state index in [9.17, 15) is 30.7 Å². The molecule has 0 aromatic heterocycles. The zero-order valence-corrected chi connectivity index (χ0v) is 16.0. The Morgan fingerprint density at radius 2 is 1.16 bits per heavy atom. The molecule has 3 aromatic carbocycles. The molecule has 0 aliphatic rings. The van der Waals surface area contributed by atoms with E-state index in [0.29, 0.717) is 16.7 Å². The summed E-state index contributed by atoms with van der Waals surface area (Å²) in [6.07, 6.45) is -5.28. The van der Waals surface area contributed by atoms with Crippen molar-refractivity contribution in [3.05, 3.63) is 83.7 Å². The van der Waals surface area contributed by atoms with E-state index in [-0.39, 0.29) is 17.5 Å². The second kappa shape index (κ2) is 8.83. The number of ether oxygens (including phenoxy) is 1. The maximum atomic E-state index is 13.9. The van der Waals surface area contributed by atoms with E-state index in [1.54, 1.807) is 24.3 Å². The van der Waals surface area contributed by atoms with E-state index in [2.05, 4.69) is 4.74 Å². The number of rotatable bonds is 5. The summed E-state index contributed by atoms with van der Waals surface area (Å²) in [5, 5.41) is 0. The fraction of sp³-hybridized carbons (Fsp3) is 0.130. The number of allylic oxidation sites excluding steroid dienone is 1. The summed E-state index contributed by atoms with van der Waals surface area (Å²) in [4.78, 5) is 0. The zero-order chi connectivity index (χ0) is 22.8. The molecule has 31 heavy (non-hydrogen) atoms. The highest BCUT2D eigenvalue weighted by Crippen LogP contribution is 2.33. The molecule has 0 radical (unpaired) electrons. The van der Waals surface area contributed by atoms with Crippen LogP contribution in [0.25, 0.3) is 28.1 Å². The lowest BCUT2D eigenvalue weighted by Crippen LogP contribution is -2.19. The Kier molecular flexibility index (Phi) is 6.38. The van der Waals surface area contributed by atoms with Crippen molar-refractivity contribution in [2.24, 2.45) is 0 Å². The molecule has 1 nitrogen and oxygen atoms in total. The standard InChI is InChI=1S/C23H15F7O/c1-2-18(24)21(27)16-9-7-14(8-10-16)13-3-5-15(6-4-13)17-11-19(25)22(20(26)12-17)31-23(28,29)30/h3-12H,2H2,1H3. The molecular formula is C23H15F7O. The minimum atomic E-state index is -5.22. The van der Waals surface area contributed by atoms with Crippen molar-refractivity contribution in [1.29, 1.82) is 0 Å². The summed E-state index contributed by atoms with van der Waals surface area (Å²) in [6.45, 7) is 1.50. The van der Waals surface area contributed by atoms with Crippen LogP contribution in [0, 0.1) is 11.6 Å². The van der Waals surface area contributed by atoms with Crippen molar-refractivity contribution in [1.82, 2.24) is 0 Å². The van der Waals surface area contributed by atoms with E-state index in [1.165, 1.54) is 31.2 Å². The molecule has 0 saturated carbocycles. The second-order valence-corrected chi connectivity index (χ2v) is 6.54. The van der Waals surface area contributed by atoms with Crippen LogP contribution in [0.2, 0.25) is 0 Å². The fourth-order valence-corrected chi connectivity index (χ4v) is 2.92. The van der Waals surface area contributed by atoms with E-state index < -0.39 is 35.4 Å². The summed E-state index contributed by atoms with van der Waals surface area (Å²) < 4.78 is 95.3. The Morgan fingerprint density at radius 3 is 1.58 bits per heavy atom. The van der Waals surface area contributed by atoms with Crippen LogP contribution in [0.15, 0.2) is 66.5 Å². The fourth-order valence-electron chi connectivity index (χ4n) is 2.92. The topological polar surface area (TPSA) is 9.23 Å². The van der Waals surface area contributed by atoms with Gasteiger partial charge in [-0.2, -0.15) is 0 Å². The SMILES string of the molecule is CCC(F)=C(F)c1ccc(-c2ccc(-c3cc(F)c(OC(F)(F)F)c(F)c3)cc2)cc1. The lowest BCUT2D eigenvalue weighted by molar-refractivity contribution is -0.276. The van der Waals surface area contributed by atoms with E-state index in [4.69, 9.17) is 0 Å². The molecule has 0 bridgehead atoms. The van der Waals surface area contributed by atoms with Crippen molar-refractivity contribution in [3.8, 4) is 28.0 Å². The highest BCUT2D eigenvalue weighted by Gasteiger charge is 2.34. The Bertz CT molecular complexity index is 1080. The largest absolute Gasteiger partial charge is 0.573 e. The van der Waals surface area contributed by atoms with Gasteiger partial charge < -0.3 is 4.74 Å². The van der Waals surface area contributed by atoms with Crippen LogP contribution in [0.4, 0.5) is 30.7 Å². The van der Waals surface area contributed by atoms with Gasteiger partial charge in [0.2, 0.25) is 5.75 Å². The molecule has 3 rings (SSSR count). The predicted molar refractivity (Wildman–Crippen MR) is 103 cm³/mol. The Balaban J connectivity index is 1.85. The minimum absolute atomic E-state index is 0.0219. The molecule has 0 unspecified atom stereocenters. The van der Waals surface area contributed by atoms with Gasteiger partial charge in [0, 0.05) is 5.56 Å². The van der Waals surface area contributed by atoms with Crippen LogP contribution in [-0.2, 0) is 0 Å². The van der Waals surface area contributed by atoms with Gasteiger partial charge in [-0.25, -0.2) is 17.6 Å². The molecule has 0 saturated heterocycles. The maximum absolute atomic E-state index is 13.9. The summed E-state index contributed by atoms with van der Waals surface area (Å²) in [6, 6.07) is 13.8. The van der Waals surface area contributed by atoms with Crippen molar-refractivity contribution < 1.29 is 35.5 Å². The van der Waals surface area contributed by atoms with Crippen LogP contribution in [0.3, 0.4) is 0 Å². The van der Waals surface area contributed by atoms with Crippen LogP contribution in [-0.4, -0.2) is 6.36 Å². The van der Waals surface area contributed by atoms with Crippen LogP contribution in [0.1, 0.15) is 18.9 Å². The van der Waals surface area contributed by atoms with Crippen molar-refractivity contribution in [3.63, 3.8) is 0 Å². The Labute approximate surface area is 173 Å². The molecule has 162 valence electrons. The van der Waals surface area contributed by atoms with Gasteiger partial charge in [-0.3, -0.25) is 0 Å². The van der Waals surface area contributed by atoms with Gasteiger partial charge in [-0.05, 0) is 40.8 Å². The molecule has 3 aromatic rings. The minimum Gasteiger partial charge on any atom is -0.399 e. The number of alkyl halides is 3. The zero-order valence-electron chi connectivity index (χ0n) is 16.0. The van der Waals surface area contributed by atoms with Gasteiger partial charge in [0.25, 0.3) is 0 Å². The van der Waals surface area contributed by atoms with Gasteiger partial charge >= 0.3 is 6.36 Å². The van der Waals surface area contributed by atoms with Crippen LogP contribution >= 0.6 is 0 Å². The molecule has 0 atom stereocenters. The quantitative estimate of drug-likeness (QED) is 0.363. The number of halogens is 7. The lowest BCUT2D eigenvalue weighted by atomic mass is 9.99. The van der Waals surface area contributed by atoms with Crippen molar-refractivity contribution in [2.45, 2.75) is 19.7 Å². The third kappa shape index (κ3) is 5.25. The highest BCUT2D eigenvalue weighted by atomic mass is 19.4. The summed E-state index contributed by atoms with van der Waals surface area (Å²) >= 11 is 0.